The lowest BCUT2D eigenvalue weighted by molar-refractivity contribution is 0.0121. The molecule has 0 saturated heterocycles. The average Bonchev–Trinajstić information content (AvgIpc) is 3.17. The maximum absolute atomic E-state index is 11.9. The van der Waals surface area contributed by atoms with Gasteiger partial charge in [0.25, 0.3) is 0 Å². The van der Waals surface area contributed by atoms with Gasteiger partial charge in [0.2, 0.25) is 0 Å². The second-order valence-electron chi connectivity index (χ2n) is 12.3. The van der Waals surface area contributed by atoms with Gasteiger partial charge in [-0.1, -0.05) is 147 Å². The highest BCUT2D eigenvalue weighted by Gasteiger charge is 2.35. The molecule has 0 saturated carbocycles. The number of hydrogen-bond donors (Lipinski definition) is 2. The van der Waals surface area contributed by atoms with E-state index in [1.165, 1.54) is 15.9 Å². The summed E-state index contributed by atoms with van der Waals surface area (Å²) in [7, 11) is 0.744. The highest BCUT2D eigenvalue weighted by molar-refractivity contribution is 7.80. The Morgan fingerprint density at radius 1 is 0.673 bits per heavy atom. The lowest BCUT2D eigenvalue weighted by Crippen LogP contribution is -2.39. The van der Waals surface area contributed by atoms with Gasteiger partial charge in [0.1, 0.15) is 11.4 Å². The fraction of sp³-hybridized carbons (Fsp3) is 0.163. The first-order valence-corrected chi connectivity index (χ1v) is 18.2. The van der Waals surface area contributed by atoms with Crippen LogP contribution in [0, 0.1) is 0 Å². The number of benzene rings is 6. The van der Waals surface area contributed by atoms with Crippen LogP contribution in [-0.2, 0) is 0 Å². The predicted octanol–water partition coefficient (Wildman–Crippen LogP) is 8.92. The van der Waals surface area contributed by atoms with Gasteiger partial charge >= 0.3 is 0 Å². The number of hydrogen-bond acceptors (Lipinski definition) is 5. The lowest BCUT2D eigenvalue weighted by Gasteiger charge is -2.36. The molecule has 7 aromatic rings. The molecule has 0 fully saturated rings. The molecule has 0 aliphatic heterocycles. The van der Waals surface area contributed by atoms with Crippen molar-refractivity contribution in [1.29, 1.82) is 0 Å². The van der Waals surface area contributed by atoms with Crippen molar-refractivity contribution in [3.05, 3.63) is 151 Å². The van der Waals surface area contributed by atoms with Crippen LogP contribution in [0.3, 0.4) is 0 Å². The summed E-state index contributed by atoms with van der Waals surface area (Å²) in [5, 5.41) is 33.3. The summed E-state index contributed by atoms with van der Waals surface area (Å²) in [4.78, 5) is 0. The summed E-state index contributed by atoms with van der Waals surface area (Å²) in [5.74, 6) is 1.43. The zero-order valence-electron chi connectivity index (χ0n) is 28.0. The number of nitrogens with one attached hydrogen (secondary N) is 1. The van der Waals surface area contributed by atoms with E-state index < -0.39 is 13.5 Å². The zero-order chi connectivity index (χ0) is 33.8. The van der Waals surface area contributed by atoms with Crippen LogP contribution < -0.4 is 26.0 Å². The van der Waals surface area contributed by atoms with Crippen molar-refractivity contribution in [3.63, 3.8) is 0 Å². The third-order valence-electron chi connectivity index (χ3n) is 9.58. The van der Waals surface area contributed by atoms with E-state index in [-0.39, 0.29) is 6.04 Å². The molecular weight excluding hydrogens is 621 g/mol. The van der Waals surface area contributed by atoms with Gasteiger partial charge < -0.3 is 15.2 Å². The molecule has 7 rings (SSSR count). The number of fused-ring (bicyclic) bond motifs is 2. The molecule has 0 radical (unpaired) electrons. The van der Waals surface area contributed by atoms with Crippen LogP contribution in [0.4, 0.5) is 5.82 Å². The summed E-state index contributed by atoms with van der Waals surface area (Å²) in [6.07, 6.45) is 1.17. The Kier molecular flexibility index (Phi) is 9.39. The van der Waals surface area contributed by atoms with Crippen LogP contribution in [0.15, 0.2) is 146 Å². The van der Waals surface area contributed by atoms with E-state index in [1.807, 2.05) is 44.2 Å². The van der Waals surface area contributed by atoms with Crippen molar-refractivity contribution in [2.75, 3.05) is 12.4 Å². The van der Waals surface area contributed by atoms with Crippen molar-refractivity contribution in [2.45, 2.75) is 38.3 Å². The van der Waals surface area contributed by atoms with Gasteiger partial charge in [-0.15, -0.1) is 10.2 Å². The van der Waals surface area contributed by atoms with Crippen LogP contribution in [0.5, 0.6) is 5.75 Å². The smallest absolute Gasteiger partial charge is 0.157 e. The molecular formula is C43H40N3O2P. The minimum absolute atomic E-state index is 0.381. The molecule has 0 aliphatic carbocycles. The van der Waals surface area contributed by atoms with E-state index in [0.29, 0.717) is 18.7 Å². The van der Waals surface area contributed by atoms with Crippen molar-refractivity contribution < 1.29 is 9.84 Å². The number of anilines is 1. The number of methoxy groups -OCH3 is 1. The van der Waals surface area contributed by atoms with E-state index >= 15 is 0 Å². The Morgan fingerprint density at radius 3 is 1.86 bits per heavy atom. The molecule has 5 nitrogen and oxygen atoms in total. The molecule has 0 amide bonds. The molecule has 6 aromatic carbocycles. The van der Waals surface area contributed by atoms with Gasteiger partial charge in [-0.2, -0.15) is 0 Å². The van der Waals surface area contributed by atoms with E-state index in [1.54, 1.807) is 7.11 Å². The van der Waals surface area contributed by atoms with Crippen molar-refractivity contribution in [1.82, 2.24) is 10.2 Å². The third-order valence-corrected chi connectivity index (χ3v) is 12.1. The van der Waals surface area contributed by atoms with Crippen molar-refractivity contribution in [2.24, 2.45) is 0 Å². The minimum Gasteiger partial charge on any atom is -0.497 e. The maximum atomic E-state index is 11.9. The van der Waals surface area contributed by atoms with Gasteiger partial charge in [0.15, 0.2) is 5.82 Å². The van der Waals surface area contributed by atoms with Gasteiger partial charge in [-0.25, -0.2) is 0 Å². The van der Waals surface area contributed by atoms with Crippen LogP contribution in [0.25, 0.3) is 32.8 Å². The monoisotopic (exact) mass is 661 g/mol. The fourth-order valence-electron chi connectivity index (χ4n) is 6.79. The Hall–Kier alpha value is -5.09. The van der Waals surface area contributed by atoms with Gasteiger partial charge in [0.05, 0.1) is 18.8 Å². The van der Waals surface area contributed by atoms with Crippen LogP contribution in [0.2, 0.25) is 0 Å². The molecule has 0 spiro atoms. The Morgan fingerprint density at radius 2 is 1.24 bits per heavy atom. The number of nitrogens with zero attached hydrogens (tertiary/aromatic N) is 2. The van der Waals surface area contributed by atoms with Crippen LogP contribution in [0.1, 0.15) is 38.3 Å². The van der Waals surface area contributed by atoms with Crippen LogP contribution in [-0.4, -0.2) is 28.0 Å². The topological polar surface area (TPSA) is 67.3 Å². The Labute approximate surface area is 289 Å². The maximum Gasteiger partial charge on any atom is 0.157 e. The summed E-state index contributed by atoms with van der Waals surface area (Å²) < 4.78 is 5.76. The minimum atomic E-state index is -0.983. The molecule has 49 heavy (non-hydrogen) atoms. The van der Waals surface area contributed by atoms with E-state index in [9.17, 15) is 5.11 Å². The summed E-state index contributed by atoms with van der Waals surface area (Å²) in [6, 6.07) is 50.3. The summed E-state index contributed by atoms with van der Waals surface area (Å²) in [6.45, 7) is 4.06. The van der Waals surface area contributed by atoms with E-state index in [4.69, 9.17) is 14.9 Å². The van der Waals surface area contributed by atoms with Crippen LogP contribution >= 0.6 is 7.92 Å². The third kappa shape index (κ3) is 6.28. The molecule has 1 aromatic heterocycles. The first-order chi connectivity index (χ1) is 24.0. The van der Waals surface area contributed by atoms with Gasteiger partial charge in [-0.05, 0) is 65.1 Å². The normalized spacial score (nSPS) is 12.3. The SMILES string of the molecule is CCC(O)(CC)[C@H](Nc1nnc(-c2c(P(c3ccccc3)c3ccccc3)ccc3ccc(OC)cc23)c2ccccc12)c1ccccc1. The van der Waals surface area contributed by atoms with Gasteiger partial charge in [0, 0.05) is 16.3 Å². The Balaban J connectivity index is 1.49. The number of aromatic nitrogens is 2. The predicted molar refractivity (Wildman–Crippen MR) is 206 cm³/mol. The fourth-order valence-corrected chi connectivity index (χ4v) is 9.26. The number of ether oxygens (including phenoxy) is 1. The summed E-state index contributed by atoms with van der Waals surface area (Å²) in [5.41, 5.74) is 1.88. The summed E-state index contributed by atoms with van der Waals surface area (Å²) >= 11 is 0. The zero-order valence-corrected chi connectivity index (χ0v) is 28.9. The first kappa shape index (κ1) is 32.5. The second-order valence-corrected chi connectivity index (χ2v) is 14.5. The van der Waals surface area contributed by atoms with E-state index in [2.05, 4.69) is 121 Å². The second kappa shape index (κ2) is 14.2. The van der Waals surface area contributed by atoms with Crippen molar-refractivity contribution in [3.8, 4) is 17.0 Å². The molecule has 6 heteroatoms. The highest BCUT2D eigenvalue weighted by atomic mass is 31.1. The average molecular weight is 662 g/mol. The van der Waals surface area contributed by atoms with E-state index in [0.717, 1.165) is 44.1 Å². The largest absolute Gasteiger partial charge is 0.497 e. The van der Waals surface area contributed by atoms with Crippen molar-refractivity contribution >= 4 is 51.2 Å². The standard InChI is InChI=1S/C43H40N3O2P/c1-4-43(47,5-2)41(31-17-9-6-10-18-31)44-42-36-24-16-15-23-35(36)40(45-46-42)39-37-29-32(48-3)27-25-30(37)26-28-38(39)49(33-19-11-7-12-20-33)34-21-13-8-14-22-34/h6-29,41,47H,4-5H2,1-3H3,(H,44,46)/t41-/m1/s1. The first-order valence-electron chi connectivity index (χ1n) is 16.8. The Bertz CT molecular complexity index is 2150. The molecule has 244 valence electrons. The molecule has 2 N–H and O–H groups in total. The number of aliphatic hydroxyl groups is 1. The number of rotatable bonds is 11. The lowest BCUT2D eigenvalue weighted by atomic mass is 9.84. The van der Waals surface area contributed by atoms with Gasteiger partial charge in [-0.3, -0.25) is 0 Å². The molecule has 0 bridgehead atoms. The molecule has 1 atom stereocenters. The quantitative estimate of drug-likeness (QED) is 0.136. The molecule has 1 heterocycles. The highest BCUT2D eigenvalue weighted by Crippen LogP contribution is 2.43. The molecule has 0 unspecified atom stereocenters. The molecule has 0 aliphatic rings.